The van der Waals surface area contributed by atoms with Gasteiger partial charge in [0.05, 0.1) is 17.3 Å². The van der Waals surface area contributed by atoms with Gasteiger partial charge in [-0.05, 0) is 18.4 Å². The molecular formula is C15H23ClN2O. The summed E-state index contributed by atoms with van der Waals surface area (Å²) in [4.78, 5) is 4.47. The molecule has 1 N–H and O–H groups in total. The second-order valence-electron chi connectivity index (χ2n) is 5.55. The molecule has 19 heavy (non-hydrogen) atoms. The van der Waals surface area contributed by atoms with Crippen LogP contribution in [0, 0.1) is 5.92 Å². The predicted molar refractivity (Wildman–Crippen MR) is 78.7 cm³/mol. The van der Waals surface area contributed by atoms with Gasteiger partial charge in [-0.25, -0.2) is 4.98 Å². The Hall–Kier alpha value is -0.800. The molecule has 0 saturated heterocycles. The van der Waals surface area contributed by atoms with E-state index in [2.05, 4.69) is 24.1 Å². The predicted octanol–water partition coefficient (Wildman–Crippen LogP) is 3.80. The molecule has 1 fully saturated rings. The summed E-state index contributed by atoms with van der Waals surface area (Å²) in [6.07, 6.45) is 5.25. The molecule has 0 aliphatic heterocycles. The molecule has 1 aliphatic rings. The monoisotopic (exact) mass is 282 g/mol. The molecule has 0 unspecified atom stereocenters. The Balaban J connectivity index is 1.83. The lowest BCUT2D eigenvalue weighted by Gasteiger charge is -2.24. The van der Waals surface area contributed by atoms with Crippen molar-refractivity contribution < 1.29 is 4.74 Å². The number of nitrogens with zero attached hydrogens (tertiary/aromatic N) is 1. The Morgan fingerprint density at radius 2 is 2.21 bits per heavy atom. The van der Waals surface area contributed by atoms with Gasteiger partial charge in [0.25, 0.3) is 0 Å². The van der Waals surface area contributed by atoms with Crippen molar-refractivity contribution in [1.29, 1.82) is 0 Å². The molecule has 2 rings (SSSR count). The SMILES string of the molecule is CC(C)NCc1nc(OCCC2CCC2)ccc1Cl. The second-order valence-corrected chi connectivity index (χ2v) is 5.95. The third-order valence-corrected chi connectivity index (χ3v) is 3.92. The van der Waals surface area contributed by atoms with E-state index in [0.29, 0.717) is 23.5 Å². The molecule has 0 radical (unpaired) electrons. The highest BCUT2D eigenvalue weighted by Crippen LogP contribution is 2.29. The summed E-state index contributed by atoms with van der Waals surface area (Å²) in [5.74, 6) is 1.55. The Morgan fingerprint density at radius 1 is 1.42 bits per heavy atom. The van der Waals surface area contributed by atoms with Gasteiger partial charge in [-0.15, -0.1) is 0 Å². The number of rotatable bonds is 7. The lowest BCUT2D eigenvalue weighted by atomic mass is 9.83. The maximum Gasteiger partial charge on any atom is 0.213 e. The number of hydrogen-bond donors (Lipinski definition) is 1. The molecule has 0 amide bonds. The standard InChI is InChI=1S/C15H23ClN2O/c1-11(2)17-10-14-13(16)6-7-15(18-14)19-9-8-12-4-3-5-12/h6-7,11-12,17H,3-5,8-10H2,1-2H3. The highest BCUT2D eigenvalue weighted by Gasteiger charge is 2.17. The van der Waals surface area contributed by atoms with Gasteiger partial charge in [0, 0.05) is 18.7 Å². The molecule has 3 nitrogen and oxygen atoms in total. The van der Waals surface area contributed by atoms with Crippen LogP contribution in [0.5, 0.6) is 5.88 Å². The molecule has 106 valence electrons. The van der Waals surface area contributed by atoms with E-state index in [0.717, 1.165) is 24.6 Å². The average Bonchev–Trinajstić information content (AvgIpc) is 2.32. The Morgan fingerprint density at radius 3 is 2.84 bits per heavy atom. The first-order chi connectivity index (χ1) is 9.15. The summed E-state index contributed by atoms with van der Waals surface area (Å²) < 4.78 is 5.72. The average molecular weight is 283 g/mol. The van der Waals surface area contributed by atoms with E-state index in [9.17, 15) is 0 Å². The first kappa shape index (κ1) is 14.6. The number of hydrogen-bond acceptors (Lipinski definition) is 3. The lowest BCUT2D eigenvalue weighted by Crippen LogP contribution is -2.22. The fourth-order valence-corrected chi connectivity index (χ4v) is 2.25. The van der Waals surface area contributed by atoms with Crippen LogP contribution in [0.2, 0.25) is 5.02 Å². The first-order valence-electron chi connectivity index (χ1n) is 7.16. The molecule has 1 saturated carbocycles. The maximum atomic E-state index is 6.14. The van der Waals surface area contributed by atoms with E-state index in [1.54, 1.807) is 0 Å². The minimum atomic E-state index is 0.418. The van der Waals surface area contributed by atoms with Crippen molar-refractivity contribution in [2.75, 3.05) is 6.61 Å². The van der Waals surface area contributed by atoms with Crippen molar-refractivity contribution in [3.05, 3.63) is 22.8 Å². The Kier molecular flexibility index (Phi) is 5.46. The Bertz CT molecular complexity index is 405. The van der Waals surface area contributed by atoms with Crippen LogP contribution in [0.15, 0.2) is 12.1 Å². The summed E-state index contributed by atoms with van der Waals surface area (Å²) >= 11 is 6.14. The highest BCUT2D eigenvalue weighted by atomic mass is 35.5. The van der Waals surface area contributed by atoms with E-state index < -0.39 is 0 Å². The molecule has 1 aliphatic carbocycles. The summed E-state index contributed by atoms with van der Waals surface area (Å²) in [6.45, 7) is 5.65. The van der Waals surface area contributed by atoms with Gasteiger partial charge in [0.2, 0.25) is 5.88 Å². The smallest absolute Gasteiger partial charge is 0.213 e. The summed E-state index contributed by atoms with van der Waals surface area (Å²) in [7, 11) is 0. The Labute approximate surface area is 120 Å². The third-order valence-electron chi connectivity index (χ3n) is 3.57. The van der Waals surface area contributed by atoms with E-state index in [1.807, 2.05) is 12.1 Å². The van der Waals surface area contributed by atoms with Crippen molar-refractivity contribution >= 4 is 11.6 Å². The van der Waals surface area contributed by atoms with Crippen LogP contribution < -0.4 is 10.1 Å². The zero-order valence-corrected chi connectivity index (χ0v) is 12.5. The second kappa shape index (κ2) is 7.11. The number of halogens is 1. The van der Waals surface area contributed by atoms with Crippen LogP contribution in [0.4, 0.5) is 0 Å². The van der Waals surface area contributed by atoms with Gasteiger partial charge in [-0.1, -0.05) is 44.7 Å². The number of nitrogens with one attached hydrogen (secondary N) is 1. The summed E-state index contributed by atoms with van der Waals surface area (Å²) in [6, 6.07) is 4.13. The van der Waals surface area contributed by atoms with E-state index in [1.165, 1.54) is 19.3 Å². The minimum absolute atomic E-state index is 0.418. The van der Waals surface area contributed by atoms with E-state index in [-0.39, 0.29) is 0 Å². The zero-order valence-electron chi connectivity index (χ0n) is 11.8. The normalized spacial score (nSPS) is 15.6. The fraction of sp³-hybridized carbons (Fsp3) is 0.667. The summed E-state index contributed by atoms with van der Waals surface area (Å²) in [5, 5.41) is 4.01. The van der Waals surface area contributed by atoms with Gasteiger partial charge in [0.15, 0.2) is 0 Å². The van der Waals surface area contributed by atoms with Crippen LogP contribution >= 0.6 is 11.6 Å². The molecule has 0 aromatic carbocycles. The van der Waals surface area contributed by atoms with E-state index >= 15 is 0 Å². The maximum absolute atomic E-state index is 6.14. The van der Waals surface area contributed by atoms with Crippen molar-refractivity contribution in [3.63, 3.8) is 0 Å². The van der Waals surface area contributed by atoms with Crippen LogP contribution in [0.25, 0.3) is 0 Å². The zero-order chi connectivity index (χ0) is 13.7. The lowest BCUT2D eigenvalue weighted by molar-refractivity contribution is 0.217. The van der Waals surface area contributed by atoms with Crippen LogP contribution in [-0.2, 0) is 6.54 Å². The highest BCUT2D eigenvalue weighted by molar-refractivity contribution is 6.31. The van der Waals surface area contributed by atoms with Crippen molar-refractivity contribution in [2.45, 2.75) is 52.1 Å². The first-order valence-corrected chi connectivity index (χ1v) is 7.54. The largest absolute Gasteiger partial charge is 0.478 e. The summed E-state index contributed by atoms with van der Waals surface area (Å²) in [5.41, 5.74) is 0.858. The fourth-order valence-electron chi connectivity index (χ4n) is 2.08. The molecule has 0 atom stereocenters. The minimum Gasteiger partial charge on any atom is -0.478 e. The van der Waals surface area contributed by atoms with Crippen LogP contribution in [0.1, 0.15) is 45.2 Å². The van der Waals surface area contributed by atoms with Crippen LogP contribution in [0.3, 0.4) is 0 Å². The van der Waals surface area contributed by atoms with Gasteiger partial charge >= 0.3 is 0 Å². The van der Waals surface area contributed by atoms with Gasteiger partial charge in [0.1, 0.15) is 0 Å². The molecular weight excluding hydrogens is 260 g/mol. The van der Waals surface area contributed by atoms with Crippen molar-refractivity contribution in [2.24, 2.45) is 5.92 Å². The van der Waals surface area contributed by atoms with E-state index in [4.69, 9.17) is 16.3 Å². The molecule has 0 spiro atoms. The third kappa shape index (κ3) is 4.66. The van der Waals surface area contributed by atoms with Gasteiger partial charge in [-0.3, -0.25) is 0 Å². The van der Waals surface area contributed by atoms with Crippen molar-refractivity contribution in [1.82, 2.24) is 10.3 Å². The number of pyridine rings is 1. The molecule has 1 heterocycles. The molecule has 4 heteroatoms. The van der Waals surface area contributed by atoms with Crippen LogP contribution in [-0.4, -0.2) is 17.6 Å². The molecule has 1 aromatic rings. The molecule has 1 aromatic heterocycles. The van der Waals surface area contributed by atoms with Gasteiger partial charge in [-0.2, -0.15) is 0 Å². The van der Waals surface area contributed by atoms with Gasteiger partial charge < -0.3 is 10.1 Å². The quantitative estimate of drug-likeness (QED) is 0.826. The van der Waals surface area contributed by atoms with Crippen molar-refractivity contribution in [3.8, 4) is 5.88 Å². The number of aromatic nitrogens is 1. The molecule has 0 bridgehead atoms. The number of ether oxygens (including phenoxy) is 1. The topological polar surface area (TPSA) is 34.2 Å².